The number of nitrogens with one attached hydrogen (secondary N) is 6. The van der Waals surface area contributed by atoms with Crippen LogP contribution in [-0.4, -0.2) is 95.4 Å². The van der Waals surface area contributed by atoms with Crippen LogP contribution in [0.15, 0.2) is 97.2 Å². The number of imide groups is 1. The number of hydrogen-bond donors (Lipinski definition) is 6. The average Bonchev–Trinajstić information content (AvgIpc) is 3.30. The highest BCUT2D eigenvalue weighted by Crippen LogP contribution is 2.27. The standard InChI is InChI=1S/C46H48ClF2N11O4/c47-35-3-1-2-4-38(35)54-43(62)30-5-9-32(10-6-30)51-42-37(49)28-50-46(56-42)52-33-11-7-31(8-12-33)44(63)57-60-21-18-29(19-22-60)17-20-58-23-25-59(26-24-58)34-13-14-39(36(48)27-34)53-40-15-16-41(61)55-45(40)64/h1-14,27-29,40,53H,15-26H2,(H,54,62)(H,57,63)(H,55,61,64)(H2,50,51,52,56). The van der Waals surface area contributed by atoms with Gasteiger partial charge < -0.3 is 26.2 Å². The largest absolute Gasteiger partial charge is 0.371 e. The van der Waals surface area contributed by atoms with Crippen molar-refractivity contribution in [2.45, 2.75) is 38.1 Å². The molecule has 332 valence electrons. The third kappa shape index (κ3) is 11.3. The number of carbonyl (C=O) groups is 4. The predicted octanol–water partition coefficient (Wildman–Crippen LogP) is 6.93. The number of halogens is 3. The number of carbonyl (C=O) groups excluding carboxylic acids is 4. The Hall–Kier alpha value is -6.69. The van der Waals surface area contributed by atoms with Gasteiger partial charge in [-0.25, -0.2) is 18.8 Å². The van der Waals surface area contributed by atoms with Crippen LogP contribution in [-0.2, 0) is 9.59 Å². The fourth-order valence-corrected chi connectivity index (χ4v) is 8.10. The lowest BCUT2D eigenvalue weighted by molar-refractivity contribution is -0.133. The maximum atomic E-state index is 15.0. The number of aromatic nitrogens is 2. The Morgan fingerprint density at radius 3 is 2.14 bits per heavy atom. The topological polar surface area (TPSA) is 176 Å². The molecule has 0 bridgehead atoms. The fourth-order valence-electron chi connectivity index (χ4n) is 7.92. The third-order valence-corrected chi connectivity index (χ3v) is 12.0. The molecule has 64 heavy (non-hydrogen) atoms. The number of rotatable bonds is 14. The van der Waals surface area contributed by atoms with Crippen molar-refractivity contribution < 1.29 is 28.0 Å². The van der Waals surface area contributed by atoms with Crippen molar-refractivity contribution in [1.29, 1.82) is 0 Å². The summed E-state index contributed by atoms with van der Waals surface area (Å²) >= 11 is 6.15. The Bertz CT molecular complexity index is 2480. The molecule has 1 atom stereocenters. The summed E-state index contributed by atoms with van der Waals surface area (Å²) in [7, 11) is 0. The van der Waals surface area contributed by atoms with Crippen LogP contribution in [0.25, 0.3) is 0 Å². The molecule has 15 nitrogen and oxygen atoms in total. The quantitative estimate of drug-likeness (QED) is 0.0636. The van der Waals surface area contributed by atoms with Gasteiger partial charge in [-0.15, -0.1) is 0 Å². The summed E-state index contributed by atoms with van der Waals surface area (Å²) in [5.74, 6) is -1.75. The lowest BCUT2D eigenvalue weighted by Gasteiger charge is -2.37. The monoisotopic (exact) mass is 891 g/mol. The minimum Gasteiger partial charge on any atom is -0.371 e. The van der Waals surface area contributed by atoms with E-state index in [9.17, 15) is 23.6 Å². The molecule has 0 saturated carbocycles. The van der Waals surface area contributed by atoms with E-state index in [0.717, 1.165) is 77.0 Å². The molecule has 0 aliphatic carbocycles. The van der Waals surface area contributed by atoms with Crippen molar-refractivity contribution in [3.63, 3.8) is 0 Å². The molecule has 3 saturated heterocycles. The van der Waals surface area contributed by atoms with Crippen molar-refractivity contribution in [3.05, 3.63) is 125 Å². The number of piperazine rings is 1. The minimum absolute atomic E-state index is 0.0636. The first kappa shape index (κ1) is 43.9. The third-order valence-electron chi connectivity index (χ3n) is 11.7. The fraction of sp³-hybridized carbons (Fsp3) is 0.304. The molecule has 4 aromatic carbocycles. The summed E-state index contributed by atoms with van der Waals surface area (Å²) in [5, 5.41) is 16.4. The van der Waals surface area contributed by atoms with Gasteiger partial charge in [0.25, 0.3) is 11.8 Å². The summed E-state index contributed by atoms with van der Waals surface area (Å²) in [6.07, 6.45) is 4.63. The number of nitrogens with zero attached hydrogens (tertiary/aromatic N) is 5. The van der Waals surface area contributed by atoms with Crippen LogP contribution in [0.3, 0.4) is 0 Å². The van der Waals surface area contributed by atoms with E-state index in [4.69, 9.17) is 11.6 Å². The second kappa shape index (κ2) is 20.2. The Morgan fingerprint density at radius 1 is 0.766 bits per heavy atom. The van der Waals surface area contributed by atoms with Gasteiger partial charge in [0.05, 0.1) is 22.6 Å². The number of benzene rings is 4. The van der Waals surface area contributed by atoms with Crippen LogP contribution >= 0.6 is 11.6 Å². The molecule has 4 amide bonds. The van der Waals surface area contributed by atoms with Gasteiger partial charge in [0.15, 0.2) is 11.6 Å². The molecule has 0 radical (unpaired) electrons. The zero-order chi connectivity index (χ0) is 44.6. The maximum Gasteiger partial charge on any atom is 0.265 e. The highest BCUT2D eigenvalue weighted by molar-refractivity contribution is 6.33. The van der Waals surface area contributed by atoms with E-state index in [1.165, 1.54) is 6.07 Å². The number of hydrazine groups is 1. The van der Waals surface area contributed by atoms with Crippen LogP contribution in [0.2, 0.25) is 5.02 Å². The van der Waals surface area contributed by atoms with Gasteiger partial charge in [-0.1, -0.05) is 23.7 Å². The molecule has 3 aliphatic heterocycles. The van der Waals surface area contributed by atoms with E-state index >= 15 is 4.39 Å². The van der Waals surface area contributed by atoms with E-state index < -0.39 is 23.6 Å². The molecule has 4 heterocycles. The van der Waals surface area contributed by atoms with Gasteiger partial charge in [0.2, 0.25) is 17.8 Å². The Kier molecular flexibility index (Phi) is 13.9. The molecule has 5 aromatic rings. The average molecular weight is 892 g/mol. The molecule has 1 aromatic heterocycles. The Morgan fingerprint density at radius 2 is 1.45 bits per heavy atom. The van der Waals surface area contributed by atoms with Crippen molar-refractivity contribution in [2.24, 2.45) is 5.92 Å². The normalized spacial score (nSPS) is 17.4. The van der Waals surface area contributed by atoms with E-state index in [1.807, 2.05) is 11.1 Å². The van der Waals surface area contributed by atoms with Crippen molar-refractivity contribution in [3.8, 4) is 0 Å². The summed E-state index contributed by atoms with van der Waals surface area (Å²) in [6, 6.07) is 24.6. The zero-order valence-corrected chi connectivity index (χ0v) is 35.6. The zero-order valence-electron chi connectivity index (χ0n) is 34.9. The number of anilines is 7. The number of para-hydroxylation sites is 1. The van der Waals surface area contributed by atoms with Gasteiger partial charge in [-0.2, -0.15) is 4.98 Å². The van der Waals surface area contributed by atoms with E-state index in [-0.39, 0.29) is 41.6 Å². The van der Waals surface area contributed by atoms with Gasteiger partial charge >= 0.3 is 0 Å². The highest BCUT2D eigenvalue weighted by Gasteiger charge is 2.28. The Balaban J connectivity index is 0.736. The molecular weight excluding hydrogens is 844 g/mol. The minimum atomic E-state index is -0.666. The molecular formula is C46H48ClF2N11O4. The summed E-state index contributed by atoms with van der Waals surface area (Å²) in [4.78, 5) is 62.3. The maximum absolute atomic E-state index is 15.0. The predicted molar refractivity (Wildman–Crippen MR) is 242 cm³/mol. The number of hydrogen-bond acceptors (Lipinski definition) is 12. The van der Waals surface area contributed by atoms with Gasteiger partial charge in [-0.3, -0.25) is 34.8 Å². The van der Waals surface area contributed by atoms with Crippen molar-refractivity contribution in [1.82, 2.24) is 30.6 Å². The first-order chi connectivity index (χ1) is 31.0. The molecule has 0 spiro atoms. The SMILES string of the molecule is O=C1CCC(Nc2ccc(N3CCN(CCC4CCN(NC(=O)c5ccc(Nc6ncc(F)c(Nc7ccc(C(=O)Nc8ccccc8Cl)cc7)n6)cc5)CC4)CC3)cc2F)C(=O)N1. The molecule has 1 unspecified atom stereocenters. The van der Waals surface area contributed by atoms with Crippen LogP contribution in [0, 0.1) is 17.6 Å². The van der Waals surface area contributed by atoms with Crippen LogP contribution in [0.4, 0.5) is 49.0 Å². The molecule has 18 heteroatoms. The molecule has 8 rings (SSSR count). The van der Waals surface area contributed by atoms with Crippen LogP contribution < -0.4 is 36.9 Å². The summed E-state index contributed by atoms with van der Waals surface area (Å²) in [6.45, 7) is 5.82. The van der Waals surface area contributed by atoms with Crippen molar-refractivity contribution in [2.75, 3.05) is 72.0 Å². The first-order valence-corrected chi connectivity index (χ1v) is 21.7. The van der Waals surface area contributed by atoms with Gasteiger partial charge in [0, 0.05) is 73.9 Å². The van der Waals surface area contributed by atoms with E-state index in [1.54, 1.807) is 78.9 Å². The highest BCUT2D eigenvalue weighted by atomic mass is 35.5. The second-order valence-electron chi connectivity index (χ2n) is 16.0. The van der Waals surface area contributed by atoms with Crippen LogP contribution in [0.1, 0.15) is 52.8 Å². The number of piperidine rings is 2. The number of amides is 4. The molecule has 6 N–H and O–H groups in total. The lowest BCUT2D eigenvalue weighted by Crippen LogP contribution is -2.48. The van der Waals surface area contributed by atoms with Gasteiger partial charge in [0.1, 0.15) is 11.9 Å². The smallest absolute Gasteiger partial charge is 0.265 e. The van der Waals surface area contributed by atoms with Crippen molar-refractivity contribution >= 4 is 75.4 Å². The van der Waals surface area contributed by atoms with Gasteiger partial charge in [-0.05, 0) is 117 Å². The summed E-state index contributed by atoms with van der Waals surface area (Å²) < 4.78 is 29.7. The van der Waals surface area contributed by atoms with E-state index in [0.29, 0.717) is 45.6 Å². The van der Waals surface area contributed by atoms with E-state index in [2.05, 4.69) is 51.8 Å². The second-order valence-corrected chi connectivity index (χ2v) is 16.4. The summed E-state index contributed by atoms with van der Waals surface area (Å²) in [5.41, 5.74) is 6.57. The van der Waals surface area contributed by atoms with Crippen LogP contribution in [0.5, 0.6) is 0 Å². The first-order valence-electron chi connectivity index (χ1n) is 21.3. The molecule has 3 fully saturated rings. The lowest BCUT2D eigenvalue weighted by atomic mass is 9.94. The Labute approximate surface area is 373 Å². The molecule has 3 aliphatic rings.